The summed E-state index contributed by atoms with van der Waals surface area (Å²) in [6.07, 6.45) is 1.82. The maximum Gasteiger partial charge on any atom is 0.0546 e. The summed E-state index contributed by atoms with van der Waals surface area (Å²) in [6, 6.07) is 6.55. The van der Waals surface area contributed by atoms with E-state index in [-0.39, 0.29) is 11.6 Å². The monoisotopic (exact) mass is 354 g/mol. The molecule has 2 rings (SSSR count). The molecule has 1 aromatic carbocycles. The Morgan fingerprint density at radius 2 is 2.00 bits per heavy atom. The average molecular weight is 355 g/mol. The van der Waals surface area contributed by atoms with Crippen LogP contribution in [0.2, 0.25) is 0 Å². The predicted molar refractivity (Wildman–Crippen MR) is 92.7 cm³/mol. The summed E-state index contributed by atoms with van der Waals surface area (Å²) >= 11 is 3.68. The molecule has 1 aliphatic rings. The number of aliphatic hydroxyl groups excluding tert-OH is 1. The van der Waals surface area contributed by atoms with E-state index in [9.17, 15) is 5.11 Å². The molecule has 1 fully saturated rings. The lowest BCUT2D eigenvalue weighted by atomic mass is 9.82. The largest absolute Gasteiger partial charge is 0.393 e. The van der Waals surface area contributed by atoms with Gasteiger partial charge in [0.1, 0.15) is 0 Å². The molecule has 0 heterocycles. The van der Waals surface area contributed by atoms with Gasteiger partial charge in [0.15, 0.2) is 0 Å². The van der Waals surface area contributed by atoms with E-state index in [0.717, 1.165) is 30.4 Å². The van der Waals surface area contributed by atoms with Gasteiger partial charge >= 0.3 is 0 Å². The van der Waals surface area contributed by atoms with Crippen molar-refractivity contribution in [2.45, 2.75) is 51.8 Å². The van der Waals surface area contributed by atoms with Crippen molar-refractivity contribution in [3.05, 3.63) is 28.2 Å². The van der Waals surface area contributed by atoms with Gasteiger partial charge in [-0.15, -0.1) is 0 Å². The van der Waals surface area contributed by atoms with E-state index in [4.69, 9.17) is 0 Å². The Bertz CT molecular complexity index is 478. The van der Waals surface area contributed by atoms with Gasteiger partial charge in [-0.1, -0.05) is 22.0 Å². The first-order valence-electron chi connectivity index (χ1n) is 7.67. The van der Waals surface area contributed by atoms with Gasteiger partial charge in [-0.2, -0.15) is 0 Å². The molecule has 0 unspecified atom stereocenters. The zero-order valence-electron chi connectivity index (χ0n) is 13.5. The number of hydrogen-bond acceptors (Lipinski definition) is 3. The summed E-state index contributed by atoms with van der Waals surface area (Å²) in [5.41, 5.74) is 2.63. The Hall–Kier alpha value is -0.580. The highest BCUT2D eigenvalue weighted by molar-refractivity contribution is 9.10. The topological polar surface area (TPSA) is 35.5 Å². The van der Waals surface area contributed by atoms with E-state index in [1.807, 2.05) is 0 Å². The van der Waals surface area contributed by atoms with Crippen molar-refractivity contribution in [3.8, 4) is 0 Å². The van der Waals surface area contributed by atoms with Gasteiger partial charge in [0, 0.05) is 35.8 Å². The molecule has 0 radical (unpaired) electrons. The second-order valence-corrected chi connectivity index (χ2v) is 8.11. The summed E-state index contributed by atoms with van der Waals surface area (Å²) in [4.78, 5) is 2.28. The highest BCUT2D eigenvalue weighted by atomic mass is 79.9. The summed E-state index contributed by atoms with van der Waals surface area (Å²) in [5, 5.41) is 12.9. The molecule has 0 aromatic heterocycles. The number of hydrogen-bond donors (Lipinski definition) is 2. The van der Waals surface area contributed by atoms with Crippen LogP contribution in [0.4, 0.5) is 5.69 Å². The molecule has 0 bridgehead atoms. The van der Waals surface area contributed by atoms with Crippen molar-refractivity contribution in [1.82, 2.24) is 5.32 Å². The SMILES string of the molecule is CN(CC1CC(O)C1)c1ccc(CNC(C)(C)C)c(Br)c1. The number of nitrogens with zero attached hydrogens (tertiary/aromatic N) is 1. The summed E-state index contributed by atoms with van der Waals surface area (Å²) < 4.78 is 1.15. The third kappa shape index (κ3) is 4.97. The second kappa shape index (κ2) is 6.67. The zero-order chi connectivity index (χ0) is 15.6. The molecule has 2 N–H and O–H groups in total. The van der Waals surface area contributed by atoms with Crippen LogP contribution in [0, 0.1) is 5.92 Å². The standard InChI is InChI=1S/C17H27BrN2O/c1-17(2,3)19-10-13-5-6-14(9-16(13)18)20(4)11-12-7-15(21)8-12/h5-6,9,12,15,19,21H,7-8,10-11H2,1-4H3. The first kappa shape index (κ1) is 16.8. The number of benzene rings is 1. The Morgan fingerprint density at radius 1 is 1.33 bits per heavy atom. The van der Waals surface area contributed by atoms with Crippen LogP contribution in [-0.2, 0) is 6.54 Å². The van der Waals surface area contributed by atoms with Crippen LogP contribution in [0.3, 0.4) is 0 Å². The Kier molecular flexibility index (Phi) is 5.33. The molecule has 118 valence electrons. The van der Waals surface area contributed by atoms with E-state index in [1.165, 1.54) is 11.3 Å². The summed E-state index contributed by atoms with van der Waals surface area (Å²) in [6.45, 7) is 8.41. The van der Waals surface area contributed by atoms with Gasteiger partial charge in [0.05, 0.1) is 6.10 Å². The summed E-state index contributed by atoms with van der Waals surface area (Å²) in [5.74, 6) is 0.631. The normalized spacial score (nSPS) is 22.0. The molecular weight excluding hydrogens is 328 g/mol. The van der Waals surface area contributed by atoms with Crippen molar-refractivity contribution in [3.63, 3.8) is 0 Å². The Labute approximate surface area is 136 Å². The highest BCUT2D eigenvalue weighted by Gasteiger charge is 2.28. The van der Waals surface area contributed by atoms with Crippen LogP contribution in [-0.4, -0.2) is 30.3 Å². The van der Waals surface area contributed by atoms with Crippen molar-refractivity contribution in [2.24, 2.45) is 5.92 Å². The number of anilines is 1. The molecule has 3 nitrogen and oxygen atoms in total. The van der Waals surface area contributed by atoms with E-state index >= 15 is 0 Å². The maximum absolute atomic E-state index is 9.37. The molecule has 1 saturated carbocycles. The lowest BCUT2D eigenvalue weighted by Crippen LogP contribution is -2.37. The van der Waals surface area contributed by atoms with Gasteiger partial charge in [0.25, 0.3) is 0 Å². The quantitative estimate of drug-likeness (QED) is 0.848. The Balaban J connectivity index is 1.94. The van der Waals surface area contributed by atoms with E-state index in [2.05, 4.69) is 72.2 Å². The van der Waals surface area contributed by atoms with Gasteiger partial charge in [0.2, 0.25) is 0 Å². The molecular formula is C17H27BrN2O. The van der Waals surface area contributed by atoms with Crippen LogP contribution in [0.1, 0.15) is 39.2 Å². The molecule has 21 heavy (non-hydrogen) atoms. The zero-order valence-corrected chi connectivity index (χ0v) is 15.1. The minimum Gasteiger partial charge on any atom is -0.393 e. The molecule has 0 spiro atoms. The molecule has 1 aliphatic carbocycles. The fraction of sp³-hybridized carbons (Fsp3) is 0.647. The van der Waals surface area contributed by atoms with Crippen LogP contribution in [0.5, 0.6) is 0 Å². The molecule has 0 atom stereocenters. The number of halogens is 1. The lowest BCUT2D eigenvalue weighted by Gasteiger charge is -2.35. The van der Waals surface area contributed by atoms with Crippen molar-refractivity contribution in [1.29, 1.82) is 0 Å². The third-order valence-corrected chi connectivity index (χ3v) is 4.77. The van der Waals surface area contributed by atoms with Crippen molar-refractivity contribution >= 4 is 21.6 Å². The molecule has 0 amide bonds. The minimum absolute atomic E-state index is 0.0685. The fourth-order valence-electron chi connectivity index (χ4n) is 2.62. The van der Waals surface area contributed by atoms with Gasteiger partial charge < -0.3 is 15.3 Å². The molecule has 0 aliphatic heterocycles. The number of aliphatic hydroxyl groups is 1. The van der Waals surface area contributed by atoms with Crippen molar-refractivity contribution in [2.75, 3.05) is 18.5 Å². The van der Waals surface area contributed by atoms with Crippen LogP contribution in [0.15, 0.2) is 22.7 Å². The van der Waals surface area contributed by atoms with Gasteiger partial charge in [-0.05, 0) is 57.2 Å². The predicted octanol–water partition coefficient (Wildman–Crippen LogP) is 3.54. The van der Waals surface area contributed by atoms with Gasteiger partial charge in [-0.25, -0.2) is 0 Å². The molecule has 1 aromatic rings. The summed E-state index contributed by atoms with van der Waals surface area (Å²) in [7, 11) is 2.12. The van der Waals surface area contributed by atoms with E-state index < -0.39 is 0 Å². The van der Waals surface area contributed by atoms with E-state index in [1.54, 1.807) is 0 Å². The van der Waals surface area contributed by atoms with Crippen molar-refractivity contribution < 1.29 is 5.11 Å². The lowest BCUT2D eigenvalue weighted by molar-refractivity contribution is 0.0465. The highest BCUT2D eigenvalue weighted by Crippen LogP contribution is 2.30. The maximum atomic E-state index is 9.37. The van der Waals surface area contributed by atoms with Crippen LogP contribution < -0.4 is 10.2 Å². The van der Waals surface area contributed by atoms with Crippen LogP contribution in [0.25, 0.3) is 0 Å². The minimum atomic E-state index is -0.0685. The second-order valence-electron chi connectivity index (χ2n) is 7.25. The number of rotatable bonds is 5. The fourth-order valence-corrected chi connectivity index (χ4v) is 3.13. The van der Waals surface area contributed by atoms with Gasteiger partial charge in [-0.3, -0.25) is 0 Å². The molecule has 4 heteroatoms. The average Bonchev–Trinajstić information content (AvgIpc) is 2.34. The van der Waals surface area contributed by atoms with Crippen LogP contribution >= 0.6 is 15.9 Å². The number of nitrogens with one attached hydrogen (secondary N) is 1. The van der Waals surface area contributed by atoms with E-state index in [0.29, 0.717) is 5.92 Å². The molecule has 0 saturated heterocycles. The first-order valence-corrected chi connectivity index (χ1v) is 8.46. The first-order chi connectivity index (χ1) is 9.74. The third-order valence-electron chi connectivity index (χ3n) is 4.03. The Morgan fingerprint density at radius 3 is 2.52 bits per heavy atom. The smallest absolute Gasteiger partial charge is 0.0546 e.